The fourth-order valence-corrected chi connectivity index (χ4v) is 2.86. The Balaban J connectivity index is 1.75. The number of carbonyl (C=O) groups is 1. The predicted octanol–water partition coefficient (Wildman–Crippen LogP) is 2.15. The van der Waals surface area contributed by atoms with Gasteiger partial charge in [-0.2, -0.15) is 5.10 Å². The zero-order valence-corrected chi connectivity index (χ0v) is 11.9. The molecule has 1 aliphatic carbocycles. The number of rotatable bonds is 3. The van der Waals surface area contributed by atoms with Gasteiger partial charge in [-0.1, -0.05) is 24.3 Å². The van der Waals surface area contributed by atoms with Gasteiger partial charge in [0.2, 0.25) is 0 Å². The van der Waals surface area contributed by atoms with Crippen LogP contribution in [0.3, 0.4) is 0 Å². The van der Waals surface area contributed by atoms with Crippen molar-refractivity contribution in [3.8, 4) is 0 Å². The molecule has 0 aliphatic heterocycles. The number of nitrogens with zero attached hydrogens (tertiary/aromatic N) is 2. The quantitative estimate of drug-likeness (QED) is 0.928. The number of aromatic nitrogens is 2. The fourth-order valence-electron chi connectivity index (χ4n) is 2.86. The van der Waals surface area contributed by atoms with E-state index in [1.54, 1.807) is 0 Å². The first kappa shape index (κ1) is 12.9. The molecule has 20 heavy (non-hydrogen) atoms. The second-order valence-corrected chi connectivity index (χ2v) is 5.36. The van der Waals surface area contributed by atoms with E-state index >= 15 is 0 Å². The van der Waals surface area contributed by atoms with Gasteiger partial charge in [0, 0.05) is 24.8 Å². The number of aryl methyl sites for hydroxylation is 2. The summed E-state index contributed by atoms with van der Waals surface area (Å²) in [6, 6.07) is 8.09. The third-order valence-electron chi connectivity index (χ3n) is 4.03. The second-order valence-electron chi connectivity index (χ2n) is 5.36. The highest BCUT2D eigenvalue weighted by atomic mass is 16.1. The summed E-state index contributed by atoms with van der Waals surface area (Å²) in [4.78, 5) is 12.3. The number of amides is 1. The minimum Gasteiger partial charge on any atom is -0.347 e. The molecule has 1 aromatic carbocycles. The van der Waals surface area contributed by atoms with E-state index in [2.05, 4.69) is 23.4 Å². The van der Waals surface area contributed by atoms with E-state index in [4.69, 9.17) is 0 Å². The van der Waals surface area contributed by atoms with Crippen molar-refractivity contribution in [1.82, 2.24) is 15.1 Å². The second kappa shape index (κ2) is 5.12. The van der Waals surface area contributed by atoms with Crippen LogP contribution in [0.25, 0.3) is 0 Å². The molecule has 1 aromatic heterocycles. The molecule has 0 radical (unpaired) electrons. The van der Waals surface area contributed by atoms with E-state index in [0.29, 0.717) is 12.2 Å². The molecule has 0 saturated heterocycles. The molecule has 1 heterocycles. The Labute approximate surface area is 118 Å². The summed E-state index contributed by atoms with van der Waals surface area (Å²) in [7, 11) is 1.92. The molecule has 104 valence electrons. The zero-order valence-electron chi connectivity index (χ0n) is 11.9. The molecular formula is C16H19N3O. The van der Waals surface area contributed by atoms with Crippen LogP contribution in [0.1, 0.15) is 39.3 Å². The fraction of sp³-hybridized carbons (Fsp3) is 0.375. The lowest BCUT2D eigenvalue weighted by Gasteiger charge is -2.07. The number of nitrogens with one attached hydrogen (secondary N) is 1. The Kier molecular flexibility index (Phi) is 3.30. The highest BCUT2D eigenvalue weighted by molar-refractivity contribution is 5.94. The van der Waals surface area contributed by atoms with Gasteiger partial charge in [-0.15, -0.1) is 0 Å². The third kappa shape index (κ3) is 2.22. The van der Waals surface area contributed by atoms with Crippen molar-refractivity contribution in [3.05, 3.63) is 52.3 Å². The van der Waals surface area contributed by atoms with Crippen molar-refractivity contribution in [2.75, 3.05) is 0 Å². The summed E-state index contributed by atoms with van der Waals surface area (Å²) >= 11 is 0. The van der Waals surface area contributed by atoms with Gasteiger partial charge >= 0.3 is 0 Å². The normalized spacial score (nSPS) is 13.3. The van der Waals surface area contributed by atoms with E-state index in [-0.39, 0.29) is 5.91 Å². The van der Waals surface area contributed by atoms with E-state index in [9.17, 15) is 4.79 Å². The number of carbonyl (C=O) groups excluding carboxylic acids is 1. The Morgan fingerprint density at radius 2 is 2.15 bits per heavy atom. The van der Waals surface area contributed by atoms with Crippen molar-refractivity contribution in [1.29, 1.82) is 0 Å². The minimum atomic E-state index is -0.0630. The van der Waals surface area contributed by atoms with Gasteiger partial charge < -0.3 is 5.32 Å². The molecule has 0 fully saturated rings. The first-order valence-corrected chi connectivity index (χ1v) is 7.04. The van der Waals surface area contributed by atoms with Gasteiger partial charge in [-0.25, -0.2) is 0 Å². The SMILES string of the molecule is Cc1ccccc1CNC(=O)c1nn(C)c2c1CCC2. The van der Waals surface area contributed by atoms with Crippen LogP contribution in [-0.2, 0) is 26.4 Å². The molecule has 4 heteroatoms. The van der Waals surface area contributed by atoms with E-state index in [1.165, 1.54) is 11.3 Å². The maximum absolute atomic E-state index is 12.3. The lowest BCUT2D eigenvalue weighted by molar-refractivity contribution is 0.0944. The molecule has 1 N–H and O–H groups in total. The summed E-state index contributed by atoms with van der Waals surface area (Å²) in [5, 5.41) is 7.36. The van der Waals surface area contributed by atoms with Gasteiger partial charge in [0.15, 0.2) is 5.69 Å². The van der Waals surface area contributed by atoms with E-state index < -0.39 is 0 Å². The smallest absolute Gasteiger partial charge is 0.272 e. The van der Waals surface area contributed by atoms with Gasteiger partial charge in [-0.3, -0.25) is 9.48 Å². The van der Waals surface area contributed by atoms with Gasteiger partial charge in [-0.05, 0) is 37.3 Å². The van der Waals surface area contributed by atoms with Crippen LogP contribution in [0.5, 0.6) is 0 Å². The molecule has 0 spiro atoms. The monoisotopic (exact) mass is 269 g/mol. The average molecular weight is 269 g/mol. The van der Waals surface area contributed by atoms with Crippen molar-refractivity contribution in [2.24, 2.45) is 7.05 Å². The largest absolute Gasteiger partial charge is 0.347 e. The van der Waals surface area contributed by atoms with Gasteiger partial charge in [0.05, 0.1) is 0 Å². The highest BCUT2D eigenvalue weighted by Crippen LogP contribution is 2.24. The first-order valence-electron chi connectivity index (χ1n) is 7.04. The molecule has 4 nitrogen and oxygen atoms in total. The summed E-state index contributed by atoms with van der Waals surface area (Å²) in [5.41, 5.74) is 5.29. The van der Waals surface area contributed by atoms with Gasteiger partial charge in [0.1, 0.15) is 0 Å². The summed E-state index contributed by atoms with van der Waals surface area (Å²) in [5.74, 6) is -0.0630. The molecular weight excluding hydrogens is 250 g/mol. The van der Waals surface area contributed by atoms with Crippen molar-refractivity contribution < 1.29 is 4.79 Å². The predicted molar refractivity (Wildman–Crippen MR) is 77.6 cm³/mol. The molecule has 3 rings (SSSR count). The van der Waals surface area contributed by atoms with Gasteiger partial charge in [0.25, 0.3) is 5.91 Å². The van der Waals surface area contributed by atoms with Crippen molar-refractivity contribution >= 4 is 5.91 Å². The molecule has 2 aromatic rings. The maximum Gasteiger partial charge on any atom is 0.272 e. The lowest BCUT2D eigenvalue weighted by atomic mass is 10.1. The molecule has 1 aliphatic rings. The van der Waals surface area contributed by atoms with Crippen molar-refractivity contribution in [3.63, 3.8) is 0 Å². The maximum atomic E-state index is 12.3. The average Bonchev–Trinajstić information content (AvgIpc) is 3.02. The van der Waals surface area contributed by atoms with Crippen LogP contribution in [-0.4, -0.2) is 15.7 Å². The van der Waals surface area contributed by atoms with Crippen molar-refractivity contribution in [2.45, 2.75) is 32.7 Å². The Morgan fingerprint density at radius 3 is 2.95 bits per heavy atom. The summed E-state index contributed by atoms with van der Waals surface area (Å²) < 4.78 is 1.85. The van der Waals surface area contributed by atoms with Crippen LogP contribution in [0.2, 0.25) is 0 Å². The van der Waals surface area contributed by atoms with E-state index in [0.717, 1.165) is 30.4 Å². The molecule has 0 saturated carbocycles. The Hall–Kier alpha value is -2.10. The summed E-state index contributed by atoms with van der Waals surface area (Å²) in [6.45, 7) is 2.61. The van der Waals surface area contributed by atoms with Crippen LogP contribution in [0.4, 0.5) is 0 Å². The molecule has 1 amide bonds. The lowest BCUT2D eigenvalue weighted by Crippen LogP contribution is -2.24. The summed E-state index contributed by atoms with van der Waals surface area (Å²) in [6.07, 6.45) is 3.12. The third-order valence-corrected chi connectivity index (χ3v) is 4.03. The molecule has 0 unspecified atom stereocenters. The van der Waals surface area contributed by atoms with Crippen LogP contribution in [0, 0.1) is 6.92 Å². The standard InChI is InChI=1S/C16H19N3O/c1-11-6-3-4-7-12(11)10-17-16(20)15-13-8-5-9-14(13)19(2)18-15/h3-4,6-7H,5,8-10H2,1-2H3,(H,17,20). The Morgan fingerprint density at radius 1 is 1.35 bits per heavy atom. The zero-order chi connectivity index (χ0) is 14.1. The number of benzene rings is 1. The van der Waals surface area contributed by atoms with Crippen LogP contribution in [0.15, 0.2) is 24.3 Å². The molecule has 0 atom stereocenters. The minimum absolute atomic E-state index is 0.0630. The first-order chi connectivity index (χ1) is 9.66. The van der Waals surface area contributed by atoms with Crippen LogP contribution >= 0.6 is 0 Å². The van der Waals surface area contributed by atoms with E-state index in [1.807, 2.05) is 29.9 Å². The molecule has 0 bridgehead atoms. The number of fused-ring (bicyclic) bond motifs is 1. The topological polar surface area (TPSA) is 46.9 Å². The Bertz CT molecular complexity index is 658. The number of hydrogen-bond donors (Lipinski definition) is 1. The highest BCUT2D eigenvalue weighted by Gasteiger charge is 2.24. The number of hydrogen-bond acceptors (Lipinski definition) is 2. The van der Waals surface area contributed by atoms with Crippen LogP contribution < -0.4 is 5.32 Å².